The molecule has 2 N–H and O–H groups in total. The van der Waals surface area contributed by atoms with E-state index in [1.165, 1.54) is 29.5 Å². The van der Waals surface area contributed by atoms with Crippen molar-refractivity contribution in [3.8, 4) is 0 Å². The van der Waals surface area contributed by atoms with Crippen LogP contribution < -0.4 is 5.32 Å². The number of nitrogens with zero attached hydrogens (tertiary/aromatic N) is 1. The summed E-state index contributed by atoms with van der Waals surface area (Å²) in [7, 11) is 0. The van der Waals surface area contributed by atoms with Crippen LogP contribution in [0.3, 0.4) is 0 Å². The standard InChI is InChI=1S/C20H25N3O2/c1-13(24)23-10-8-15(9-11-23)21-20(25)14-6-7-19-17(12-14)16-4-2-3-5-18(16)22-19/h6-7,12,15,22H,2-5,8-11H2,1H3,(H,21,25). The van der Waals surface area contributed by atoms with Gasteiger partial charge in [-0.25, -0.2) is 0 Å². The van der Waals surface area contributed by atoms with Crippen molar-refractivity contribution in [2.24, 2.45) is 0 Å². The minimum Gasteiger partial charge on any atom is -0.358 e. The van der Waals surface area contributed by atoms with E-state index in [9.17, 15) is 9.59 Å². The number of carbonyl (C=O) groups excluding carboxylic acids is 2. The Morgan fingerprint density at radius 3 is 2.68 bits per heavy atom. The lowest BCUT2D eigenvalue weighted by Crippen LogP contribution is -2.45. The SMILES string of the molecule is CC(=O)N1CCC(NC(=O)c2ccc3[nH]c4c(c3c2)CCCC4)CC1. The number of piperidine rings is 1. The number of aryl methyl sites for hydroxylation is 2. The van der Waals surface area contributed by atoms with E-state index in [0.717, 1.165) is 49.9 Å². The van der Waals surface area contributed by atoms with Crippen molar-refractivity contribution in [1.29, 1.82) is 0 Å². The molecule has 2 aliphatic rings. The fourth-order valence-electron chi connectivity index (χ4n) is 4.15. The third kappa shape index (κ3) is 3.15. The van der Waals surface area contributed by atoms with E-state index in [2.05, 4.69) is 10.3 Å². The van der Waals surface area contributed by atoms with Crippen molar-refractivity contribution < 1.29 is 9.59 Å². The summed E-state index contributed by atoms with van der Waals surface area (Å²) in [4.78, 5) is 29.4. The third-order valence-corrected chi connectivity index (χ3v) is 5.64. The summed E-state index contributed by atoms with van der Waals surface area (Å²) in [5, 5.41) is 4.35. The zero-order valence-corrected chi connectivity index (χ0v) is 14.7. The quantitative estimate of drug-likeness (QED) is 0.883. The highest BCUT2D eigenvalue weighted by atomic mass is 16.2. The van der Waals surface area contributed by atoms with Gasteiger partial charge in [0.25, 0.3) is 5.91 Å². The van der Waals surface area contributed by atoms with Gasteiger partial charge >= 0.3 is 0 Å². The summed E-state index contributed by atoms with van der Waals surface area (Å²) >= 11 is 0. The second-order valence-corrected chi connectivity index (χ2v) is 7.30. The van der Waals surface area contributed by atoms with Gasteiger partial charge in [-0.2, -0.15) is 0 Å². The van der Waals surface area contributed by atoms with Crippen LogP contribution in [-0.4, -0.2) is 40.8 Å². The average molecular weight is 339 g/mol. The molecule has 1 aromatic carbocycles. The smallest absolute Gasteiger partial charge is 0.251 e. The molecule has 1 fully saturated rings. The van der Waals surface area contributed by atoms with E-state index < -0.39 is 0 Å². The number of aromatic amines is 1. The van der Waals surface area contributed by atoms with Crippen LogP contribution >= 0.6 is 0 Å². The predicted molar refractivity (Wildman–Crippen MR) is 97.7 cm³/mol. The molecule has 1 aliphatic heterocycles. The van der Waals surface area contributed by atoms with Crippen molar-refractivity contribution in [2.45, 2.75) is 51.5 Å². The maximum atomic E-state index is 12.7. The Hall–Kier alpha value is -2.30. The van der Waals surface area contributed by atoms with Gasteiger partial charge in [0, 0.05) is 48.2 Å². The molecule has 5 heteroatoms. The van der Waals surface area contributed by atoms with Crippen molar-refractivity contribution >= 4 is 22.7 Å². The molecule has 1 aliphatic carbocycles. The predicted octanol–water partition coefficient (Wildman–Crippen LogP) is 2.79. The zero-order valence-electron chi connectivity index (χ0n) is 14.7. The zero-order chi connectivity index (χ0) is 17.4. The molecule has 1 saturated heterocycles. The molecule has 5 nitrogen and oxygen atoms in total. The second-order valence-electron chi connectivity index (χ2n) is 7.30. The minimum absolute atomic E-state index is 0.00562. The molecule has 0 saturated carbocycles. The maximum Gasteiger partial charge on any atom is 0.251 e. The first-order chi connectivity index (χ1) is 12.1. The van der Waals surface area contributed by atoms with Gasteiger partial charge in [0.2, 0.25) is 5.91 Å². The van der Waals surface area contributed by atoms with Gasteiger partial charge < -0.3 is 15.2 Å². The van der Waals surface area contributed by atoms with Gasteiger partial charge in [-0.05, 0) is 62.3 Å². The fourth-order valence-corrected chi connectivity index (χ4v) is 4.15. The summed E-state index contributed by atoms with van der Waals surface area (Å²) in [5.74, 6) is 0.112. The van der Waals surface area contributed by atoms with Gasteiger partial charge in [-0.1, -0.05) is 0 Å². The Bertz CT molecular complexity index is 816. The number of hydrogen-bond acceptors (Lipinski definition) is 2. The first-order valence-corrected chi connectivity index (χ1v) is 9.31. The van der Waals surface area contributed by atoms with E-state index in [1.54, 1.807) is 6.92 Å². The largest absolute Gasteiger partial charge is 0.358 e. The van der Waals surface area contributed by atoms with Crippen LogP contribution in [-0.2, 0) is 17.6 Å². The molecular weight excluding hydrogens is 314 g/mol. The summed E-state index contributed by atoms with van der Waals surface area (Å²) in [6.45, 7) is 3.06. The first-order valence-electron chi connectivity index (χ1n) is 9.31. The summed E-state index contributed by atoms with van der Waals surface area (Å²) < 4.78 is 0. The van der Waals surface area contributed by atoms with Crippen LogP contribution in [0.5, 0.6) is 0 Å². The molecular formula is C20H25N3O2. The lowest BCUT2D eigenvalue weighted by atomic mass is 9.95. The number of carbonyl (C=O) groups is 2. The van der Waals surface area contributed by atoms with E-state index in [-0.39, 0.29) is 17.9 Å². The molecule has 1 aromatic heterocycles. The number of aromatic nitrogens is 1. The molecule has 4 rings (SSSR count). The Morgan fingerprint density at radius 1 is 1.16 bits per heavy atom. The average Bonchev–Trinajstić information content (AvgIpc) is 3.00. The molecule has 2 heterocycles. The summed E-state index contributed by atoms with van der Waals surface area (Å²) in [6.07, 6.45) is 6.33. The van der Waals surface area contributed by atoms with Gasteiger partial charge in [-0.15, -0.1) is 0 Å². The Kier molecular flexibility index (Phi) is 4.24. The molecule has 2 amide bonds. The normalized spacial score (nSPS) is 18.2. The van der Waals surface area contributed by atoms with Crippen LogP contribution in [0, 0.1) is 0 Å². The minimum atomic E-state index is -0.00562. The van der Waals surface area contributed by atoms with Crippen molar-refractivity contribution in [3.05, 3.63) is 35.0 Å². The topological polar surface area (TPSA) is 65.2 Å². The highest BCUT2D eigenvalue weighted by Crippen LogP contribution is 2.29. The molecule has 0 spiro atoms. The molecule has 0 atom stereocenters. The van der Waals surface area contributed by atoms with Crippen molar-refractivity contribution in [2.75, 3.05) is 13.1 Å². The number of H-pyrrole nitrogens is 1. The first kappa shape index (κ1) is 16.2. The monoisotopic (exact) mass is 339 g/mol. The van der Waals surface area contributed by atoms with Crippen LogP contribution in [0.1, 0.15) is 54.2 Å². The highest BCUT2D eigenvalue weighted by Gasteiger charge is 2.23. The van der Waals surface area contributed by atoms with Gasteiger partial charge in [0.05, 0.1) is 0 Å². The molecule has 0 bridgehead atoms. The third-order valence-electron chi connectivity index (χ3n) is 5.64. The Balaban J connectivity index is 1.48. The molecule has 132 valence electrons. The molecule has 25 heavy (non-hydrogen) atoms. The fraction of sp³-hybridized carbons (Fsp3) is 0.500. The van der Waals surface area contributed by atoms with E-state index >= 15 is 0 Å². The van der Waals surface area contributed by atoms with Crippen LogP contribution in [0.15, 0.2) is 18.2 Å². The number of nitrogens with one attached hydrogen (secondary N) is 2. The number of rotatable bonds is 2. The van der Waals surface area contributed by atoms with Gasteiger partial charge in [0.1, 0.15) is 0 Å². The highest BCUT2D eigenvalue weighted by molar-refractivity contribution is 5.99. The van der Waals surface area contributed by atoms with Crippen molar-refractivity contribution in [3.63, 3.8) is 0 Å². The lowest BCUT2D eigenvalue weighted by molar-refractivity contribution is -0.129. The second kappa shape index (κ2) is 6.54. The van der Waals surface area contributed by atoms with Crippen LogP contribution in [0.25, 0.3) is 10.9 Å². The number of amides is 2. The van der Waals surface area contributed by atoms with Gasteiger partial charge in [-0.3, -0.25) is 9.59 Å². The number of likely N-dealkylation sites (tertiary alicyclic amines) is 1. The van der Waals surface area contributed by atoms with Crippen molar-refractivity contribution in [1.82, 2.24) is 15.2 Å². The van der Waals surface area contributed by atoms with E-state index in [0.29, 0.717) is 0 Å². The van der Waals surface area contributed by atoms with Crippen LogP contribution in [0.2, 0.25) is 0 Å². The molecule has 0 radical (unpaired) electrons. The molecule has 2 aromatic rings. The molecule has 0 unspecified atom stereocenters. The number of fused-ring (bicyclic) bond motifs is 3. The Labute approximate surface area is 147 Å². The summed E-state index contributed by atoms with van der Waals surface area (Å²) in [6, 6.07) is 6.13. The Morgan fingerprint density at radius 2 is 1.92 bits per heavy atom. The maximum absolute atomic E-state index is 12.7. The van der Waals surface area contributed by atoms with E-state index in [1.807, 2.05) is 23.1 Å². The van der Waals surface area contributed by atoms with E-state index in [4.69, 9.17) is 0 Å². The number of hydrogen-bond donors (Lipinski definition) is 2. The number of benzene rings is 1. The van der Waals surface area contributed by atoms with Crippen LogP contribution in [0.4, 0.5) is 0 Å². The van der Waals surface area contributed by atoms with Gasteiger partial charge in [0.15, 0.2) is 0 Å². The lowest BCUT2D eigenvalue weighted by Gasteiger charge is -2.31. The summed E-state index contributed by atoms with van der Waals surface area (Å²) in [5.41, 5.74) is 4.60.